The van der Waals surface area contributed by atoms with Crippen molar-refractivity contribution in [2.24, 2.45) is 5.73 Å². The average Bonchev–Trinajstić information content (AvgIpc) is 3.42. The maximum atomic E-state index is 13.6. The van der Waals surface area contributed by atoms with Crippen LogP contribution in [0.5, 0.6) is 0 Å². The zero-order chi connectivity index (χ0) is 26.4. The van der Waals surface area contributed by atoms with Gasteiger partial charge in [-0.05, 0) is 65.3 Å². The largest absolute Gasteiger partial charge is 0.390 e. The Morgan fingerprint density at radius 2 is 1.73 bits per heavy atom. The van der Waals surface area contributed by atoms with Gasteiger partial charge in [-0.15, -0.1) is 5.10 Å². The Balaban J connectivity index is 1.54. The maximum absolute atomic E-state index is 13.6. The van der Waals surface area contributed by atoms with Crippen LogP contribution in [0.2, 0.25) is 0 Å². The minimum absolute atomic E-state index is 0.0497. The van der Waals surface area contributed by atoms with E-state index in [1.807, 2.05) is 29.6 Å². The molecule has 0 spiro atoms. The van der Waals surface area contributed by atoms with E-state index in [4.69, 9.17) is 5.73 Å². The number of nitrogens with zero attached hydrogens (tertiary/aromatic N) is 3. The van der Waals surface area contributed by atoms with Crippen molar-refractivity contribution >= 4 is 17.4 Å². The normalized spacial score (nSPS) is 12.8. The predicted octanol–water partition coefficient (Wildman–Crippen LogP) is 4.62. The van der Waals surface area contributed by atoms with Gasteiger partial charge < -0.3 is 15.7 Å². The quantitative estimate of drug-likeness (QED) is 0.317. The fourth-order valence-electron chi connectivity index (χ4n) is 4.14. The van der Waals surface area contributed by atoms with Gasteiger partial charge in [0.05, 0.1) is 6.10 Å². The Morgan fingerprint density at radius 1 is 1.03 bits per heavy atom. The summed E-state index contributed by atoms with van der Waals surface area (Å²) >= 11 is 1.25. The second-order valence-electron chi connectivity index (χ2n) is 8.94. The zero-order valence-electron chi connectivity index (χ0n) is 20.3. The highest BCUT2D eigenvalue weighted by Crippen LogP contribution is 2.20. The lowest BCUT2D eigenvalue weighted by Crippen LogP contribution is -2.46. The molecule has 0 bridgehead atoms. The molecule has 4 rings (SSSR count). The summed E-state index contributed by atoms with van der Waals surface area (Å²) in [7, 11) is 0. The zero-order valence-corrected chi connectivity index (χ0v) is 21.2. The van der Waals surface area contributed by atoms with Gasteiger partial charge in [0.25, 0.3) is 5.91 Å². The van der Waals surface area contributed by atoms with Gasteiger partial charge in [0.2, 0.25) is 0 Å². The monoisotopic (exact) mass is 522 g/mol. The van der Waals surface area contributed by atoms with Crippen LogP contribution in [-0.4, -0.2) is 44.2 Å². The molecule has 0 fully saturated rings. The van der Waals surface area contributed by atoms with Crippen LogP contribution in [0.15, 0.2) is 72.1 Å². The van der Waals surface area contributed by atoms with Gasteiger partial charge in [-0.1, -0.05) is 47.8 Å². The molecule has 3 N–H and O–H groups in total. The molecule has 192 valence electrons. The van der Waals surface area contributed by atoms with Gasteiger partial charge in [0.15, 0.2) is 0 Å². The van der Waals surface area contributed by atoms with Crippen LogP contribution in [0.25, 0.3) is 11.3 Å². The summed E-state index contributed by atoms with van der Waals surface area (Å²) in [5, 5.41) is 16.8. The first-order valence-electron chi connectivity index (χ1n) is 12.0. The summed E-state index contributed by atoms with van der Waals surface area (Å²) in [4.78, 5) is 15.1. The van der Waals surface area contributed by atoms with Gasteiger partial charge in [0, 0.05) is 41.7 Å². The lowest BCUT2D eigenvalue weighted by atomic mass is 10.0. The van der Waals surface area contributed by atoms with Crippen molar-refractivity contribution in [1.82, 2.24) is 14.5 Å². The first-order chi connectivity index (χ1) is 17.8. The molecule has 0 radical (unpaired) electrons. The summed E-state index contributed by atoms with van der Waals surface area (Å²) in [6, 6.07) is 17.3. The molecule has 1 heterocycles. The molecule has 0 saturated heterocycles. The molecule has 1 aromatic heterocycles. The second-order valence-corrected chi connectivity index (χ2v) is 9.55. The molecule has 3 aromatic carbocycles. The van der Waals surface area contributed by atoms with Gasteiger partial charge in [-0.25, -0.2) is 8.78 Å². The van der Waals surface area contributed by atoms with Crippen LogP contribution in [0, 0.1) is 11.6 Å². The number of aromatic nitrogens is 2. The highest BCUT2D eigenvalue weighted by molar-refractivity contribution is 7.03. The Labute approximate surface area is 218 Å². The predicted molar refractivity (Wildman–Crippen MR) is 140 cm³/mol. The van der Waals surface area contributed by atoms with Gasteiger partial charge in [-0.2, -0.15) is 0 Å². The fraction of sp³-hybridized carbons (Fsp3) is 0.250. The molecule has 0 aliphatic rings. The Bertz CT molecular complexity index is 1310. The van der Waals surface area contributed by atoms with E-state index in [-0.39, 0.29) is 25.4 Å². The van der Waals surface area contributed by atoms with Gasteiger partial charge in [-0.3, -0.25) is 4.79 Å². The highest BCUT2D eigenvalue weighted by atomic mass is 32.1. The van der Waals surface area contributed by atoms with Gasteiger partial charge in [0.1, 0.15) is 17.3 Å². The summed E-state index contributed by atoms with van der Waals surface area (Å²) in [5.41, 5.74) is 10.6. The minimum Gasteiger partial charge on any atom is -0.390 e. The summed E-state index contributed by atoms with van der Waals surface area (Å²) in [5.74, 6) is -1.68. The van der Waals surface area contributed by atoms with Crippen LogP contribution in [-0.2, 0) is 19.4 Å². The Kier molecular flexibility index (Phi) is 8.70. The molecular formula is C28H28F2N4O2S. The molecule has 37 heavy (non-hydrogen) atoms. The number of rotatable bonds is 10. The molecule has 0 unspecified atom stereocenters. The van der Waals surface area contributed by atoms with E-state index >= 15 is 0 Å². The fourth-order valence-corrected chi connectivity index (χ4v) is 4.61. The third kappa shape index (κ3) is 7.03. The van der Waals surface area contributed by atoms with E-state index in [9.17, 15) is 18.7 Å². The number of halogens is 2. The molecule has 9 heteroatoms. The number of carbonyl (C=O) groups is 1. The first kappa shape index (κ1) is 26.5. The second kappa shape index (κ2) is 12.1. The number of aryl methyl sites for hydroxylation is 1. The SMILES string of the molecule is CCc1cccc(CN(C[C@@H](O)[C@@H](N)Cc2cc(F)cc(F)c2)C(=O)c2ccc(-c3csnn3)cc2)c1. The first-order valence-corrected chi connectivity index (χ1v) is 12.8. The molecular weight excluding hydrogens is 494 g/mol. The molecule has 1 amide bonds. The topological polar surface area (TPSA) is 92.3 Å². The third-order valence-electron chi connectivity index (χ3n) is 6.14. The van der Waals surface area contributed by atoms with E-state index in [1.165, 1.54) is 23.7 Å². The highest BCUT2D eigenvalue weighted by Gasteiger charge is 2.24. The van der Waals surface area contributed by atoms with Crippen molar-refractivity contribution in [2.75, 3.05) is 6.54 Å². The number of aliphatic hydroxyl groups is 1. The van der Waals surface area contributed by atoms with Crippen LogP contribution in [0.3, 0.4) is 0 Å². The van der Waals surface area contributed by atoms with Crippen molar-refractivity contribution in [2.45, 2.75) is 38.5 Å². The number of aliphatic hydroxyl groups excluding tert-OH is 1. The van der Waals surface area contributed by atoms with Crippen molar-refractivity contribution in [3.63, 3.8) is 0 Å². The number of hydrogen-bond donors (Lipinski definition) is 2. The van der Waals surface area contributed by atoms with Crippen LogP contribution in [0.1, 0.15) is 34.0 Å². The molecule has 0 saturated carbocycles. The van der Waals surface area contributed by atoms with Crippen molar-refractivity contribution < 1.29 is 18.7 Å². The van der Waals surface area contributed by atoms with E-state index < -0.39 is 23.8 Å². The van der Waals surface area contributed by atoms with Crippen LogP contribution >= 0.6 is 11.5 Å². The molecule has 0 aliphatic carbocycles. The number of carbonyl (C=O) groups excluding carboxylic acids is 1. The van der Waals surface area contributed by atoms with Crippen LogP contribution in [0.4, 0.5) is 8.78 Å². The lowest BCUT2D eigenvalue weighted by Gasteiger charge is -2.28. The summed E-state index contributed by atoms with van der Waals surface area (Å²) in [6.45, 7) is 2.27. The number of benzene rings is 3. The van der Waals surface area contributed by atoms with Crippen molar-refractivity contribution in [3.8, 4) is 11.3 Å². The standard InChI is InChI=1S/C28H28F2N4O2S/c1-2-18-4-3-5-19(10-18)15-34(16-27(35)25(31)13-20-11-23(29)14-24(30)12-20)28(36)22-8-6-21(7-9-22)26-17-37-33-32-26/h3-12,14,17,25,27,35H,2,13,15-16,31H2,1H3/t25-,27+/m0/s1. The van der Waals surface area contributed by atoms with Crippen LogP contribution < -0.4 is 5.73 Å². The van der Waals surface area contributed by atoms with E-state index in [1.54, 1.807) is 29.2 Å². The maximum Gasteiger partial charge on any atom is 0.254 e. The average molecular weight is 523 g/mol. The third-order valence-corrected chi connectivity index (χ3v) is 6.65. The van der Waals surface area contributed by atoms with Crippen molar-refractivity contribution in [3.05, 3.63) is 106 Å². The Morgan fingerprint density at radius 3 is 2.38 bits per heavy atom. The summed E-state index contributed by atoms with van der Waals surface area (Å²) in [6.07, 6.45) is -0.212. The lowest BCUT2D eigenvalue weighted by molar-refractivity contribution is 0.0554. The van der Waals surface area contributed by atoms with Gasteiger partial charge >= 0.3 is 0 Å². The summed E-state index contributed by atoms with van der Waals surface area (Å²) < 4.78 is 31.1. The van der Waals surface area contributed by atoms with E-state index in [2.05, 4.69) is 16.5 Å². The smallest absolute Gasteiger partial charge is 0.254 e. The molecule has 2 atom stereocenters. The van der Waals surface area contributed by atoms with E-state index in [0.717, 1.165) is 34.9 Å². The van der Waals surface area contributed by atoms with E-state index in [0.29, 0.717) is 11.1 Å². The molecule has 4 aromatic rings. The number of hydrogen-bond acceptors (Lipinski definition) is 6. The number of amides is 1. The minimum atomic E-state index is -1.12. The van der Waals surface area contributed by atoms with Crippen molar-refractivity contribution in [1.29, 1.82) is 0 Å². The number of nitrogens with two attached hydrogens (primary N) is 1. The Hall–Kier alpha value is -3.53. The molecule has 6 nitrogen and oxygen atoms in total. The molecule has 0 aliphatic heterocycles.